The van der Waals surface area contributed by atoms with Crippen molar-refractivity contribution in [3.8, 4) is 11.5 Å². The first kappa shape index (κ1) is 23.5. The smallest absolute Gasteiger partial charge is 0.223 e. The molecule has 0 saturated carbocycles. The molecule has 30 heavy (non-hydrogen) atoms. The molecule has 0 spiro atoms. The van der Waals surface area contributed by atoms with Crippen LogP contribution in [-0.2, 0) is 14.4 Å². The number of piperazine rings is 1. The van der Waals surface area contributed by atoms with Gasteiger partial charge in [0.25, 0.3) is 0 Å². The molecule has 1 N–H and O–H groups in total. The van der Waals surface area contributed by atoms with Crippen molar-refractivity contribution in [3.05, 3.63) is 23.8 Å². The van der Waals surface area contributed by atoms with Gasteiger partial charge in [-0.05, 0) is 38.5 Å². The highest BCUT2D eigenvalue weighted by atomic mass is 16.5. The largest absolute Gasteiger partial charge is 0.490 e. The number of benzene rings is 1. The van der Waals surface area contributed by atoms with E-state index in [2.05, 4.69) is 5.32 Å². The summed E-state index contributed by atoms with van der Waals surface area (Å²) in [5.41, 5.74) is 0.905. The van der Waals surface area contributed by atoms with Crippen molar-refractivity contribution >= 4 is 17.7 Å². The molecule has 1 aliphatic heterocycles. The molecule has 1 aromatic carbocycles. The summed E-state index contributed by atoms with van der Waals surface area (Å²) in [6.07, 6.45) is 0.289. The maximum absolute atomic E-state index is 12.4. The molecular weight excluding hydrogens is 386 g/mol. The molecule has 0 aromatic heterocycles. The molecule has 1 atom stereocenters. The number of rotatable bonds is 9. The standard InChI is InChI=1S/C22H33N3O5/c1-5-29-19-8-7-18(15-20(19)30-6-2)16(3)23-21(27)9-10-22(28)25-13-11-24(12-14-25)17(4)26/h7-8,15-16H,5-6,9-14H2,1-4H3,(H,23,27)/t16-/m0/s1. The van der Waals surface area contributed by atoms with Crippen molar-refractivity contribution in [2.75, 3.05) is 39.4 Å². The van der Waals surface area contributed by atoms with Gasteiger partial charge in [-0.25, -0.2) is 0 Å². The summed E-state index contributed by atoms with van der Waals surface area (Å²) in [6.45, 7) is 10.4. The van der Waals surface area contributed by atoms with Crippen LogP contribution < -0.4 is 14.8 Å². The van der Waals surface area contributed by atoms with E-state index >= 15 is 0 Å². The summed E-state index contributed by atoms with van der Waals surface area (Å²) in [5, 5.41) is 2.94. The molecule has 1 heterocycles. The predicted octanol–water partition coefficient (Wildman–Crippen LogP) is 2.13. The number of hydrogen-bond donors (Lipinski definition) is 1. The maximum Gasteiger partial charge on any atom is 0.223 e. The molecule has 0 aliphatic carbocycles. The topological polar surface area (TPSA) is 88.2 Å². The van der Waals surface area contributed by atoms with E-state index in [-0.39, 0.29) is 36.6 Å². The number of amides is 3. The lowest BCUT2D eigenvalue weighted by molar-refractivity contribution is -0.139. The molecule has 1 aliphatic rings. The lowest BCUT2D eigenvalue weighted by Crippen LogP contribution is -2.50. The summed E-state index contributed by atoms with van der Waals surface area (Å²) >= 11 is 0. The predicted molar refractivity (Wildman–Crippen MR) is 113 cm³/mol. The first-order valence-corrected chi connectivity index (χ1v) is 10.6. The van der Waals surface area contributed by atoms with Crippen LogP contribution in [0.3, 0.4) is 0 Å². The summed E-state index contributed by atoms with van der Waals surface area (Å²) < 4.78 is 11.2. The third kappa shape index (κ3) is 6.64. The molecule has 2 rings (SSSR count). The second kappa shape index (κ2) is 11.4. The lowest BCUT2D eigenvalue weighted by Gasteiger charge is -2.34. The zero-order valence-corrected chi connectivity index (χ0v) is 18.4. The minimum atomic E-state index is -0.221. The third-order valence-corrected chi connectivity index (χ3v) is 5.09. The molecule has 8 heteroatoms. The number of hydrogen-bond acceptors (Lipinski definition) is 5. The molecule has 0 radical (unpaired) electrons. The van der Waals surface area contributed by atoms with Gasteiger partial charge in [-0.2, -0.15) is 0 Å². The molecule has 0 bridgehead atoms. The average molecular weight is 420 g/mol. The van der Waals surface area contributed by atoms with Crippen LogP contribution in [0.15, 0.2) is 18.2 Å². The zero-order valence-electron chi connectivity index (χ0n) is 18.4. The molecule has 1 saturated heterocycles. The lowest BCUT2D eigenvalue weighted by atomic mass is 10.1. The third-order valence-electron chi connectivity index (χ3n) is 5.09. The van der Waals surface area contributed by atoms with Gasteiger partial charge in [0.05, 0.1) is 19.3 Å². The van der Waals surface area contributed by atoms with Crippen LogP contribution in [0.4, 0.5) is 0 Å². The molecule has 8 nitrogen and oxygen atoms in total. The summed E-state index contributed by atoms with van der Waals surface area (Å²) in [4.78, 5) is 39.5. The Bertz CT molecular complexity index is 744. The zero-order chi connectivity index (χ0) is 22.1. The first-order chi connectivity index (χ1) is 14.3. The Morgan fingerprint density at radius 1 is 0.967 bits per heavy atom. The van der Waals surface area contributed by atoms with E-state index < -0.39 is 0 Å². The van der Waals surface area contributed by atoms with E-state index in [1.807, 2.05) is 39.0 Å². The fraction of sp³-hybridized carbons (Fsp3) is 0.591. The number of ether oxygens (including phenoxy) is 2. The van der Waals surface area contributed by atoms with Crippen molar-refractivity contribution in [3.63, 3.8) is 0 Å². The van der Waals surface area contributed by atoms with Gasteiger partial charge < -0.3 is 24.6 Å². The van der Waals surface area contributed by atoms with E-state index in [1.54, 1.807) is 9.80 Å². The van der Waals surface area contributed by atoms with Crippen molar-refractivity contribution < 1.29 is 23.9 Å². The van der Waals surface area contributed by atoms with Crippen LogP contribution in [-0.4, -0.2) is 66.9 Å². The minimum Gasteiger partial charge on any atom is -0.490 e. The number of nitrogens with one attached hydrogen (secondary N) is 1. The van der Waals surface area contributed by atoms with Crippen LogP contribution in [0.2, 0.25) is 0 Å². The highest BCUT2D eigenvalue weighted by Crippen LogP contribution is 2.30. The van der Waals surface area contributed by atoms with Gasteiger partial charge in [0, 0.05) is 45.9 Å². The van der Waals surface area contributed by atoms with E-state index in [0.29, 0.717) is 50.9 Å². The Labute approximate surface area is 178 Å². The average Bonchev–Trinajstić information content (AvgIpc) is 2.73. The Balaban J connectivity index is 1.83. The number of nitrogens with zero attached hydrogens (tertiary/aromatic N) is 2. The van der Waals surface area contributed by atoms with E-state index in [1.165, 1.54) is 6.92 Å². The van der Waals surface area contributed by atoms with Crippen LogP contribution in [0.1, 0.15) is 52.1 Å². The van der Waals surface area contributed by atoms with Crippen molar-refractivity contribution in [1.82, 2.24) is 15.1 Å². The molecular formula is C22H33N3O5. The van der Waals surface area contributed by atoms with Crippen LogP contribution in [0.5, 0.6) is 11.5 Å². The first-order valence-electron chi connectivity index (χ1n) is 10.6. The van der Waals surface area contributed by atoms with Gasteiger partial charge >= 0.3 is 0 Å². The van der Waals surface area contributed by atoms with Gasteiger partial charge in [-0.15, -0.1) is 0 Å². The maximum atomic E-state index is 12.4. The second-order valence-corrected chi connectivity index (χ2v) is 7.25. The van der Waals surface area contributed by atoms with Crippen molar-refractivity contribution in [1.29, 1.82) is 0 Å². The molecule has 1 fully saturated rings. The Morgan fingerprint density at radius 3 is 2.17 bits per heavy atom. The van der Waals surface area contributed by atoms with Crippen LogP contribution >= 0.6 is 0 Å². The fourth-order valence-corrected chi connectivity index (χ4v) is 3.38. The Kier molecular flexibility index (Phi) is 8.95. The van der Waals surface area contributed by atoms with E-state index in [0.717, 1.165) is 5.56 Å². The molecule has 1 aromatic rings. The van der Waals surface area contributed by atoms with E-state index in [4.69, 9.17) is 9.47 Å². The summed E-state index contributed by atoms with van der Waals surface area (Å²) in [6, 6.07) is 5.40. The molecule has 3 amide bonds. The highest BCUT2D eigenvalue weighted by Gasteiger charge is 2.23. The van der Waals surface area contributed by atoms with Crippen LogP contribution in [0.25, 0.3) is 0 Å². The van der Waals surface area contributed by atoms with Crippen molar-refractivity contribution in [2.24, 2.45) is 0 Å². The van der Waals surface area contributed by atoms with Crippen LogP contribution in [0, 0.1) is 0 Å². The SMILES string of the molecule is CCOc1ccc([C@H](C)NC(=O)CCC(=O)N2CCN(C(C)=O)CC2)cc1OCC. The second-order valence-electron chi connectivity index (χ2n) is 7.25. The number of carbonyl (C=O) groups excluding carboxylic acids is 3. The summed E-state index contributed by atoms with van der Waals surface area (Å²) in [5.74, 6) is 1.12. The number of carbonyl (C=O) groups is 3. The minimum absolute atomic E-state index is 0.0252. The van der Waals surface area contributed by atoms with Gasteiger partial charge in [0.1, 0.15) is 0 Å². The van der Waals surface area contributed by atoms with Gasteiger partial charge in [-0.3, -0.25) is 14.4 Å². The molecule has 166 valence electrons. The quantitative estimate of drug-likeness (QED) is 0.663. The highest BCUT2D eigenvalue weighted by molar-refractivity contribution is 5.84. The summed E-state index contributed by atoms with van der Waals surface area (Å²) in [7, 11) is 0. The monoisotopic (exact) mass is 419 g/mol. The van der Waals surface area contributed by atoms with Crippen molar-refractivity contribution in [2.45, 2.75) is 46.6 Å². The Morgan fingerprint density at radius 2 is 1.57 bits per heavy atom. The molecule has 0 unspecified atom stereocenters. The van der Waals surface area contributed by atoms with Gasteiger partial charge in [0.15, 0.2) is 11.5 Å². The normalized spacial score (nSPS) is 14.8. The fourth-order valence-electron chi connectivity index (χ4n) is 3.38. The van der Waals surface area contributed by atoms with Gasteiger partial charge in [-0.1, -0.05) is 6.07 Å². The van der Waals surface area contributed by atoms with E-state index in [9.17, 15) is 14.4 Å². The Hall–Kier alpha value is -2.77. The van der Waals surface area contributed by atoms with Gasteiger partial charge in [0.2, 0.25) is 17.7 Å².